The second-order valence-corrected chi connectivity index (χ2v) is 6.99. The van der Waals surface area contributed by atoms with Crippen LogP contribution in [0.4, 0.5) is 5.69 Å². The standard InChI is InChI=1S/C23H23N3O2/c1-2-3-12-24-22(27)15-26-14-16(17-8-5-7-11-21(17)26)13-19-18-9-4-6-10-20(18)25-23(19)28/h4-11,13-14H,2-3,12,15H2,1H3,(H,24,27)(H,25,28)/b19-13-. The maximum absolute atomic E-state index is 12.5. The van der Waals surface area contributed by atoms with Crippen LogP contribution in [-0.4, -0.2) is 22.9 Å². The number of anilines is 1. The SMILES string of the molecule is CCCCNC(=O)Cn1cc(/C=C2\C(=O)Nc3ccccc32)c2ccccc21. The topological polar surface area (TPSA) is 63.1 Å². The van der Waals surface area contributed by atoms with Crippen molar-refractivity contribution in [3.05, 3.63) is 65.9 Å². The number of hydrogen-bond acceptors (Lipinski definition) is 2. The van der Waals surface area contributed by atoms with E-state index in [2.05, 4.69) is 17.6 Å². The summed E-state index contributed by atoms with van der Waals surface area (Å²) in [7, 11) is 0. The lowest BCUT2D eigenvalue weighted by molar-refractivity contribution is -0.121. The van der Waals surface area contributed by atoms with Gasteiger partial charge in [0.25, 0.3) is 5.91 Å². The second-order valence-electron chi connectivity index (χ2n) is 6.99. The van der Waals surface area contributed by atoms with Crippen molar-refractivity contribution < 1.29 is 9.59 Å². The van der Waals surface area contributed by atoms with Gasteiger partial charge in [0.15, 0.2) is 0 Å². The van der Waals surface area contributed by atoms with Crippen LogP contribution in [-0.2, 0) is 16.1 Å². The smallest absolute Gasteiger partial charge is 0.256 e. The number of fused-ring (bicyclic) bond motifs is 2. The van der Waals surface area contributed by atoms with Crippen LogP contribution in [0.25, 0.3) is 22.6 Å². The third kappa shape index (κ3) is 3.43. The van der Waals surface area contributed by atoms with Crippen molar-refractivity contribution in [3.8, 4) is 0 Å². The summed E-state index contributed by atoms with van der Waals surface area (Å²) < 4.78 is 1.95. The lowest BCUT2D eigenvalue weighted by Gasteiger charge is -2.06. The molecule has 4 rings (SSSR count). The highest BCUT2D eigenvalue weighted by atomic mass is 16.2. The highest BCUT2D eigenvalue weighted by Gasteiger charge is 2.24. The molecule has 3 aromatic rings. The number of unbranched alkanes of at least 4 members (excludes halogenated alkanes) is 1. The van der Waals surface area contributed by atoms with Crippen molar-refractivity contribution >= 4 is 40.1 Å². The molecule has 0 aliphatic carbocycles. The summed E-state index contributed by atoms with van der Waals surface area (Å²) in [5, 5.41) is 6.89. The maximum Gasteiger partial charge on any atom is 0.256 e. The van der Waals surface area contributed by atoms with E-state index in [9.17, 15) is 9.59 Å². The Hall–Kier alpha value is -3.34. The van der Waals surface area contributed by atoms with Crippen molar-refractivity contribution in [2.45, 2.75) is 26.3 Å². The zero-order valence-corrected chi connectivity index (χ0v) is 15.9. The minimum absolute atomic E-state index is 0.00244. The molecule has 142 valence electrons. The Morgan fingerprint density at radius 1 is 1.14 bits per heavy atom. The Kier molecular flexibility index (Phi) is 4.98. The van der Waals surface area contributed by atoms with Crippen molar-refractivity contribution in [1.82, 2.24) is 9.88 Å². The molecule has 0 spiro atoms. The van der Waals surface area contributed by atoms with Gasteiger partial charge in [0, 0.05) is 46.0 Å². The van der Waals surface area contributed by atoms with E-state index in [0.717, 1.165) is 40.6 Å². The van der Waals surface area contributed by atoms with Gasteiger partial charge in [-0.25, -0.2) is 0 Å². The number of nitrogens with zero attached hydrogens (tertiary/aromatic N) is 1. The van der Waals surface area contributed by atoms with Gasteiger partial charge < -0.3 is 15.2 Å². The van der Waals surface area contributed by atoms with Gasteiger partial charge in [-0.05, 0) is 24.6 Å². The van der Waals surface area contributed by atoms with E-state index in [1.807, 2.05) is 65.4 Å². The number of aromatic nitrogens is 1. The molecule has 0 unspecified atom stereocenters. The molecule has 1 aromatic heterocycles. The minimum Gasteiger partial charge on any atom is -0.355 e. The van der Waals surface area contributed by atoms with Gasteiger partial charge in [0.05, 0.1) is 0 Å². The van der Waals surface area contributed by atoms with Crippen LogP contribution >= 0.6 is 0 Å². The van der Waals surface area contributed by atoms with E-state index in [1.54, 1.807) is 0 Å². The van der Waals surface area contributed by atoms with Crippen LogP contribution < -0.4 is 10.6 Å². The average molecular weight is 373 g/mol. The fourth-order valence-corrected chi connectivity index (χ4v) is 3.57. The molecule has 2 heterocycles. The van der Waals surface area contributed by atoms with Crippen LogP contribution in [0.3, 0.4) is 0 Å². The molecule has 5 heteroatoms. The molecule has 28 heavy (non-hydrogen) atoms. The zero-order chi connectivity index (χ0) is 19.5. The van der Waals surface area contributed by atoms with Gasteiger partial charge in [0.2, 0.25) is 5.91 Å². The highest BCUT2D eigenvalue weighted by molar-refractivity contribution is 6.35. The Labute approximate surface area is 164 Å². The van der Waals surface area contributed by atoms with E-state index in [-0.39, 0.29) is 18.4 Å². The minimum atomic E-state index is -0.102. The third-order valence-electron chi connectivity index (χ3n) is 5.00. The molecule has 2 N–H and O–H groups in total. The normalized spacial score (nSPS) is 14.3. The molecular weight excluding hydrogens is 350 g/mol. The summed E-state index contributed by atoms with van der Waals surface area (Å²) in [6, 6.07) is 15.6. The first-order valence-electron chi connectivity index (χ1n) is 9.64. The fraction of sp³-hybridized carbons (Fsp3) is 0.217. The van der Waals surface area contributed by atoms with Crippen molar-refractivity contribution in [3.63, 3.8) is 0 Å². The molecule has 0 fully saturated rings. The van der Waals surface area contributed by atoms with Gasteiger partial charge in [-0.2, -0.15) is 0 Å². The zero-order valence-electron chi connectivity index (χ0n) is 15.9. The Morgan fingerprint density at radius 2 is 1.93 bits per heavy atom. The Balaban J connectivity index is 1.69. The van der Waals surface area contributed by atoms with Crippen LogP contribution in [0.5, 0.6) is 0 Å². The van der Waals surface area contributed by atoms with Crippen LogP contribution in [0.2, 0.25) is 0 Å². The van der Waals surface area contributed by atoms with Crippen LogP contribution in [0, 0.1) is 0 Å². The number of hydrogen-bond donors (Lipinski definition) is 2. The molecule has 0 saturated heterocycles. The van der Waals surface area contributed by atoms with Crippen LogP contribution in [0.1, 0.15) is 30.9 Å². The molecule has 5 nitrogen and oxygen atoms in total. The lowest BCUT2D eigenvalue weighted by Crippen LogP contribution is -2.28. The summed E-state index contributed by atoms with van der Waals surface area (Å²) in [4.78, 5) is 24.7. The number of carbonyl (C=O) groups excluding carboxylic acids is 2. The van der Waals surface area contributed by atoms with Crippen LogP contribution in [0.15, 0.2) is 54.7 Å². The molecule has 1 aliphatic heterocycles. The molecule has 2 aromatic carbocycles. The average Bonchev–Trinajstić information content (AvgIpc) is 3.20. The number of carbonyl (C=O) groups is 2. The van der Waals surface area contributed by atoms with Gasteiger partial charge in [0.1, 0.15) is 6.54 Å². The molecular formula is C23H23N3O2. The predicted octanol–water partition coefficient (Wildman–Crippen LogP) is 4.05. The molecule has 0 saturated carbocycles. The number of rotatable bonds is 6. The van der Waals surface area contributed by atoms with E-state index in [4.69, 9.17) is 0 Å². The van der Waals surface area contributed by atoms with E-state index in [0.29, 0.717) is 12.1 Å². The third-order valence-corrected chi connectivity index (χ3v) is 5.00. The molecule has 1 aliphatic rings. The molecule has 0 bridgehead atoms. The van der Waals surface area contributed by atoms with Crippen molar-refractivity contribution in [2.24, 2.45) is 0 Å². The van der Waals surface area contributed by atoms with Gasteiger partial charge in [-0.1, -0.05) is 49.7 Å². The first-order valence-corrected chi connectivity index (χ1v) is 9.64. The quantitative estimate of drug-likeness (QED) is 0.506. The lowest BCUT2D eigenvalue weighted by atomic mass is 10.0. The number of amides is 2. The summed E-state index contributed by atoms with van der Waals surface area (Å²) in [6.45, 7) is 3.06. The summed E-state index contributed by atoms with van der Waals surface area (Å²) in [5.41, 5.74) is 4.29. The summed E-state index contributed by atoms with van der Waals surface area (Å²) >= 11 is 0. The van der Waals surface area contributed by atoms with E-state index >= 15 is 0 Å². The highest BCUT2D eigenvalue weighted by Crippen LogP contribution is 2.34. The maximum atomic E-state index is 12.5. The largest absolute Gasteiger partial charge is 0.355 e. The van der Waals surface area contributed by atoms with Gasteiger partial charge in [-0.15, -0.1) is 0 Å². The van der Waals surface area contributed by atoms with E-state index in [1.165, 1.54) is 0 Å². The Bertz CT molecular complexity index is 1080. The number of para-hydroxylation sites is 2. The predicted molar refractivity (Wildman–Crippen MR) is 113 cm³/mol. The number of nitrogens with one attached hydrogen (secondary N) is 2. The van der Waals surface area contributed by atoms with Gasteiger partial charge in [-0.3, -0.25) is 9.59 Å². The molecule has 0 atom stereocenters. The van der Waals surface area contributed by atoms with Gasteiger partial charge >= 0.3 is 0 Å². The Morgan fingerprint density at radius 3 is 2.79 bits per heavy atom. The van der Waals surface area contributed by atoms with Crippen molar-refractivity contribution in [1.29, 1.82) is 0 Å². The van der Waals surface area contributed by atoms with Crippen molar-refractivity contribution in [2.75, 3.05) is 11.9 Å². The summed E-state index contributed by atoms with van der Waals surface area (Å²) in [5.74, 6) is -0.104. The molecule has 0 radical (unpaired) electrons. The summed E-state index contributed by atoms with van der Waals surface area (Å²) in [6.07, 6.45) is 5.89. The first kappa shape index (κ1) is 18.0. The second kappa shape index (κ2) is 7.72. The molecule has 2 amide bonds. The first-order chi connectivity index (χ1) is 13.7. The number of benzene rings is 2. The van der Waals surface area contributed by atoms with E-state index < -0.39 is 0 Å². The monoisotopic (exact) mass is 373 g/mol. The fourth-order valence-electron chi connectivity index (χ4n) is 3.57.